The summed E-state index contributed by atoms with van der Waals surface area (Å²) in [5.74, 6) is 1.46. The summed E-state index contributed by atoms with van der Waals surface area (Å²) in [6.45, 7) is -0.0401. The molecule has 5 rings (SSSR count). The molecule has 0 fully saturated rings. The van der Waals surface area contributed by atoms with E-state index in [9.17, 15) is 9.59 Å². The van der Waals surface area contributed by atoms with Gasteiger partial charge in [0.05, 0.1) is 5.56 Å². The maximum atomic E-state index is 12.5. The van der Waals surface area contributed by atoms with Gasteiger partial charge in [0.2, 0.25) is 18.5 Å². The molecule has 3 heterocycles. The quantitative estimate of drug-likeness (QED) is 0.450. The van der Waals surface area contributed by atoms with Crippen LogP contribution in [0.5, 0.6) is 11.5 Å². The van der Waals surface area contributed by atoms with Crippen LogP contribution < -0.4 is 20.3 Å². The number of halogens is 1. The van der Waals surface area contributed by atoms with E-state index >= 15 is 0 Å². The third kappa shape index (κ3) is 4.12. The second-order valence-corrected chi connectivity index (χ2v) is 7.85. The van der Waals surface area contributed by atoms with Gasteiger partial charge < -0.3 is 23.9 Å². The Bertz CT molecular complexity index is 1380. The van der Waals surface area contributed by atoms with Crippen molar-refractivity contribution < 1.29 is 18.8 Å². The maximum Gasteiger partial charge on any atom is 0.259 e. The third-order valence-corrected chi connectivity index (χ3v) is 5.20. The number of nitrogens with one attached hydrogen (secondary N) is 1. The van der Waals surface area contributed by atoms with Crippen LogP contribution in [0, 0.1) is 0 Å². The van der Waals surface area contributed by atoms with E-state index in [1.807, 2.05) is 24.3 Å². The fourth-order valence-electron chi connectivity index (χ4n) is 3.20. The number of nitrogens with zero attached hydrogens (tertiary/aromatic N) is 3. The number of hydrogen-bond acceptors (Lipinski definition) is 7. The first kappa shape index (κ1) is 20.0. The standard InChI is InChI=1S/C22H15BrN4O5/c23-15-3-1-2-13(8-15)21-25-22(32-26-21)14-4-7-20(29)27(10-14)11-19(28)24-16-5-6-17-18(9-16)31-12-30-17/h1-10H,11-12H2,(H,24,28). The molecule has 1 aliphatic heterocycles. The van der Waals surface area contributed by atoms with Crippen LogP contribution in [-0.2, 0) is 11.3 Å². The second-order valence-electron chi connectivity index (χ2n) is 6.93. The molecule has 9 nitrogen and oxygen atoms in total. The monoisotopic (exact) mass is 494 g/mol. The van der Waals surface area contributed by atoms with Crippen LogP contribution in [-0.4, -0.2) is 27.4 Å². The highest BCUT2D eigenvalue weighted by molar-refractivity contribution is 9.10. The number of ether oxygens (including phenoxy) is 2. The van der Waals surface area contributed by atoms with Crippen molar-refractivity contribution in [1.29, 1.82) is 0 Å². The van der Waals surface area contributed by atoms with Gasteiger partial charge in [-0.25, -0.2) is 0 Å². The van der Waals surface area contributed by atoms with Gasteiger partial charge in [-0.15, -0.1) is 0 Å². The molecular formula is C22H15BrN4O5. The van der Waals surface area contributed by atoms with E-state index in [0.717, 1.165) is 10.0 Å². The van der Waals surface area contributed by atoms with Crippen LogP contribution in [0.25, 0.3) is 22.8 Å². The number of amides is 1. The van der Waals surface area contributed by atoms with E-state index in [1.54, 1.807) is 24.3 Å². The van der Waals surface area contributed by atoms with E-state index in [4.69, 9.17) is 14.0 Å². The van der Waals surface area contributed by atoms with Gasteiger partial charge >= 0.3 is 0 Å². The molecule has 32 heavy (non-hydrogen) atoms. The SMILES string of the molecule is O=C(Cn1cc(-c2nc(-c3cccc(Br)c3)no2)ccc1=O)Nc1ccc2c(c1)OCO2. The smallest absolute Gasteiger partial charge is 0.259 e. The molecule has 4 aromatic rings. The summed E-state index contributed by atoms with van der Waals surface area (Å²) in [4.78, 5) is 29.2. The molecule has 1 N–H and O–H groups in total. The number of pyridine rings is 1. The van der Waals surface area contributed by atoms with Gasteiger partial charge in [0.15, 0.2) is 11.5 Å². The fourth-order valence-corrected chi connectivity index (χ4v) is 3.60. The molecule has 2 aromatic carbocycles. The Morgan fingerprint density at radius 3 is 2.81 bits per heavy atom. The van der Waals surface area contributed by atoms with Crippen molar-refractivity contribution in [2.75, 3.05) is 12.1 Å². The number of fused-ring (bicyclic) bond motifs is 1. The number of carbonyl (C=O) groups is 1. The lowest BCUT2D eigenvalue weighted by molar-refractivity contribution is -0.116. The van der Waals surface area contributed by atoms with E-state index in [2.05, 4.69) is 31.4 Å². The first-order valence-corrected chi connectivity index (χ1v) is 10.3. The van der Waals surface area contributed by atoms with E-state index < -0.39 is 0 Å². The molecule has 1 amide bonds. The zero-order valence-electron chi connectivity index (χ0n) is 16.4. The molecule has 0 unspecified atom stereocenters. The molecule has 0 aliphatic carbocycles. The Labute approximate surface area is 189 Å². The maximum absolute atomic E-state index is 12.5. The Morgan fingerprint density at radius 1 is 1.06 bits per heavy atom. The summed E-state index contributed by atoms with van der Waals surface area (Å²) in [6, 6.07) is 15.5. The molecular weight excluding hydrogens is 480 g/mol. The number of hydrogen-bond donors (Lipinski definition) is 1. The molecule has 1 aliphatic rings. The molecule has 2 aromatic heterocycles. The van der Waals surface area contributed by atoms with Crippen LogP contribution in [0.15, 0.2) is 74.6 Å². The number of aromatic nitrogens is 3. The number of benzene rings is 2. The molecule has 0 atom stereocenters. The van der Waals surface area contributed by atoms with Crippen molar-refractivity contribution in [2.45, 2.75) is 6.54 Å². The normalized spacial score (nSPS) is 12.0. The van der Waals surface area contributed by atoms with Crippen LogP contribution in [0.4, 0.5) is 5.69 Å². The van der Waals surface area contributed by atoms with Crippen molar-refractivity contribution in [3.63, 3.8) is 0 Å². The molecule has 10 heteroatoms. The molecule has 0 spiro atoms. The van der Waals surface area contributed by atoms with E-state index in [0.29, 0.717) is 28.6 Å². The molecule has 0 saturated carbocycles. The van der Waals surface area contributed by atoms with Gasteiger partial charge in [-0.2, -0.15) is 4.98 Å². The Hall–Kier alpha value is -3.92. The minimum Gasteiger partial charge on any atom is -0.454 e. The summed E-state index contributed by atoms with van der Waals surface area (Å²) in [5.41, 5.74) is 1.51. The highest BCUT2D eigenvalue weighted by atomic mass is 79.9. The average molecular weight is 495 g/mol. The lowest BCUT2D eigenvalue weighted by atomic mass is 10.2. The van der Waals surface area contributed by atoms with Crippen molar-refractivity contribution in [2.24, 2.45) is 0 Å². The van der Waals surface area contributed by atoms with Crippen molar-refractivity contribution in [1.82, 2.24) is 14.7 Å². The lowest BCUT2D eigenvalue weighted by Gasteiger charge is -2.08. The highest BCUT2D eigenvalue weighted by Gasteiger charge is 2.16. The highest BCUT2D eigenvalue weighted by Crippen LogP contribution is 2.34. The van der Waals surface area contributed by atoms with Crippen LogP contribution >= 0.6 is 15.9 Å². The van der Waals surface area contributed by atoms with Crippen LogP contribution in [0.3, 0.4) is 0 Å². The summed E-state index contributed by atoms with van der Waals surface area (Å²) < 4.78 is 18.1. The number of anilines is 1. The summed E-state index contributed by atoms with van der Waals surface area (Å²) in [6.07, 6.45) is 1.51. The topological polar surface area (TPSA) is 108 Å². The minimum atomic E-state index is -0.372. The molecule has 0 radical (unpaired) electrons. The van der Waals surface area contributed by atoms with Crippen LogP contribution in [0.1, 0.15) is 0 Å². The third-order valence-electron chi connectivity index (χ3n) is 4.71. The van der Waals surface area contributed by atoms with Crippen molar-refractivity contribution in [3.05, 3.63) is 75.6 Å². The summed E-state index contributed by atoms with van der Waals surface area (Å²) in [5, 5.41) is 6.75. The molecule has 0 saturated heterocycles. The fraction of sp³-hybridized carbons (Fsp3) is 0.0909. The predicted octanol–water partition coefficient (Wildman–Crippen LogP) is 3.70. The van der Waals surface area contributed by atoms with Gasteiger partial charge in [0.25, 0.3) is 11.4 Å². The van der Waals surface area contributed by atoms with Gasteiger partial charge in [-0.1, -0.05) is 33.2 Å². The largest absolute Gasteiger partial charge is 0.454 e. The van der Waals surface area contributed by atoms with Gasteiger partial charge in [-0.05, 0) is 30.3 Å². The van der Waals surface area contributed by atoms with Crippen LogP contribution in [0.2, 0.25) is 0 Å². The van der Waals surface area contributed by atoms with Gasteiger partial charge in [0.1, 0.15) is 6.54 Å². The van der Waals surface area contributed by atoms with E-state index in [-0.39, 0.29) is 30.7 Å². The minimum absolute atomic E-state index is 0.147. The zero-order chi connectivity index (χ0) is 22.1. The summed E-state index contributed by atoms with van der Waals surface area (Å²) >= 11 is 3.41. The first-order valence-electron chi connectivity index (χ1n) is 9.55. The second kappa shape index (κ2) is 8.31. The van der Waals surface area contributed by atoms with E-state index in [1.165, 1.54) is 16.8 Å². The zero-order valence-corrected chi connectivity index (χ0v) is 18.0. The Morgan fingerprint density at radius 2 is 1.94 bits per heavy atom. The summed E-state index contributed by atoms with van der Waals surface area (Å²) in [7, 11) is 0. The lowest BCUT2D eigenvalue weighted by Crippen LogP contribution is -2.26. The number of carbonyl (C=O) groups excluding carboxylic acids is 1. The molecule has 160 valence electrons. The van der Waals surface area contributed by atoms with Gasteiger partial charge in [-0.3, -0.25) is 9.59 Å². The average Bonchev–Trinajstić information content (AvgIpc) is 3.45. The van der Waals surface area contributed by atoms with Crippen molar-refractivity contribution in [3.8, 4) is 34.3 Å². The number of rotatable bonds is 5. The Kier molecular flexibility index (Phi) is 5.20. The Balaban J connectivity index is 1.34. The first-order chi connectivity index (χ1) is 15.5. The van der Waals surface area contributed by atoms with Crippen molar-refractivity contribution >= 4 is 27.5 Å². The molecule has 0 bridgehead atoms. The van der Waals surface area contributed by atoms with Gasteiger partial charge in [0, 0.05) is 34.1 Å². The predicted molar refractivity (Wildman–Crippen MR) is 118 cm³/mol.